The zero-order chi connectivity index (χ0) is 10.6. The van der Waals surface area contributed by atoms with E-state index in [2.05, 4.69) is 5.32 Å². The summed E-state index contributed by atoms with van der Waals surface area (Å²) < 4.78 is 0. The van der Waals surface area contributed by atoms with E-state index in [0.29, 0.717) is 5.02 Å². The molecule has 0 aliphatic rings. The molecule has 1 N–H and O–H groups in total. The SMILES string of the molecule is CNC(=O)C(C)Sc1ccc(Cl)cc1. The van der Waals surface area contributed by atoms with Crippen molar-refractivity contribution in [1.82, 2.24) is 5.32 Å². The number of benzene rings is 1. The van der Waals surface area contributed by atoms with Crippen LogP contribution in [0.5, 0.6) is 0 Å². The Morgan fingerprint density at radius 1 is 1.43 bits per heavy atom. The first-order valence-electron chi connectivity index (χ1n) is 4.27. The van der Waals surface area contributed by atoms with Gasteiger partial charge in [-0.15, -0.1) is 11.8 Å². The van der Waals surface area contributed by atoms with Crippen molar-refractivity contribution in [3.63, 3.8) is 0 Å². The van der Waals surface area contributed by atoms with Gasteiger partial charge in [0, 0.05) is 17.0 Å². The lowest BCUT2D eigenvalue weighted by Gasteiger charge is -2.08. The molecule has 4 heteroatoms. The van der Waals surface area contributed by atoms with E-state index in [1.165, 1.54) is 11.8 Å². The first-order chi connectivity index (χ1) is 6.63. The van der Waals surface area contributed by atoms with Crippen LogP contribution in [0.4, 0.5) is 0 Å². The van der Waals surface area contributed by atoms with Gasteiger partial charge in [-0.2, -0.15) is 0 Å². The number of hydrogen-bond acceptors (Lipinski definition) is 2. The Labute approximate surface area is 93.0 Å². The highest BCUT2D eigenvalue weighted by molar-refractivity contribution is 8.00. The van der Waals surface area contributed by atoms with Crippen LogP contribution < -0.4 is 5.32 Å². The van der Waals surface area contributed by atoms with Crippen LogP contribution in [0.25, 0.3) is 0 Å². The fraction of sp³-hybridized carbons (Fsp3) is 0.300. The van der Waals surface area contributed by atoms with Crippen LogP contribution in [0.3, 0.4) is 0 Å². The third kappa shape index (κ3) is 3.24. The van der Waals surface area contributed by atoms with E-state index in [-0.39, 0.29) is 11.2 Å². The monoisotopic (exact) mass is 229 g/mol. The molecule has 0 aromatic heterocycles. The maximum atomic E-state index is 11.2. The summed E-state index contributed by atoms with van der Waals surface area (Å²) in [5.41, 5.74) is 0. The van der Waals surface area contributed by atoms with Crippen molar-refractivity contribution in [3.8, 4) is 0 Å². The number of amides is 1. The molecule has 0 bridgehead atoms. The molecular weight excluding hydrogens is 218 g/mol. The van der Waals surface area contributed by atoms with E-state index in [0.717, 1.165) is 4.90 Å². The smallest absolute Gasteiger partial charge is 0.232 e. The molecule has 1 atom stereocenters. The minimum atomic E-state index is -0.0822. The third-order valence-electron chi connectivity index (χ3n) is 1.74. The normalized spacial score (nSPS) is 12.2. The number of rotatable bonds is 3. The topological polar surface area (TPSA) is 29.1 Å². The highest BCUT2D eigenvalue weighted by Crippen LogP contribution is 2.24. The molecule has 0 radical (unpaired) electrons. The Balaban J connectivity index is 2.60. The molecule has 1 aromatic carbocycles. The van der Waals surface area contributed by atoms with Crippen LogP contribution in [0, 0.1) is 0 Å². The summed E-state index contributed by atoms with van der Waals surface area (Å²) in [5.74, 6) is 0.0324. The second-order valence-corrected chi connectivity index (χ2v) is 4.68. The average Bonchev–Trinajstić information content (AvgIpc) is 2.20. The summed E-state index contributed by atoms with van der Waals surface area (Å²) in [4.78, 5) is 12.3. The van der Waals surface area contributed by atoms with Gasteiger partial charge in [0.1, 0.15) is 0 Å². The Bertz CT molecular complexity index is 312. The minimum absolute atomic E-state index is 0.0324. The first-order valence-corrected chi connectivity index (χ1v) is 5.53. The Kier molecular flexibility index (Phi) is 4.29. The number of halogens is 1. The van der Waals surface area contributed by atoms with Gasteiger partial charge in [0.15, 0.2) is 0 Å². The Morgan fingerprint density at radius 2 is 2.00 bits per heavy atom. The minimum Gasteiger partial charge on any atom is -0.358 e. The van der Waals surface area contributed by atoms with Gasteiger partial charge in [0.2, 0.25) is 5.91 Å². The summed E-state index contributed by atoms with van der Waals surface area (Å²) in [5, 5.41) is 3.24. The number of thioether (sulfide) groups is 1. The highest BCUT2D eigenvalue weighted by Gasteiger charge is 2.11. The summed E-state index contributed by atoms with van der Waals surface area (Å²) in [6.07, 6.45) is 0. The van der Waals surface area contributed by atoms with Crippen LogP contribution in [-0.2, 0) is 4.79 Å². The lowest BCUT2D eigenvalue weighted by atomic mass is 10.4. The molecule has 1 rings (SSSR count). The van der Waals surface area contributed by atoms with Crippen molar-refractivity contribution in [2.24, 2.45) is 0 Å². The summed E-state index contributed by atoms with van der Waals surface area (Å²) >= 11 is 7.26. The molecule has 2 nitrogen and oxygen atoms in total. The number of carbonyl (C=O) groups is 1. The molecule has 1 aromatic rings. The van der Waals surface area contributed by atoms with Crippen LogP contribution in [0.1, 0.15) is 6.92 Å². The molecule has 0 saturated carbocycles. The van der Waals surface area contributed by atoms with E-state index in [4.69, 9.17) is 11.6 Å². The van der Waals surface area contributed by atoms with Crippen molar-refractivity contribution >= 4 is 29.3 Å². The number of carbonyl (C=O) groups excluding carboxylic acids is 1. The molecule has 0 aliphatic heterocycles. The standard InChI is InChI=1S/C10H12ClNOS/c1-7(10(13)12-2)14-9-5-3-8(11)4-6-9/h3-7H,1-2H3,(H,12,13). The zero-order valence-electron chi connectivity index (χ0n) is 8.08. The third-order valence-corrected chi connectivity index (χ3v) is 3.11. The largest absolute Gasteiger partial charge is 0.358 e. The van der Waals surface area contributed by atoms with Crippen LogP contribution in [-0.4, -0.2) is 18.2 Å². The van der Waals surface area contributed by atoms with Crippen molar-refractivity contribution in [1.29, 1.82) is 0 Å². The average molecular weight is 230 g/mol. The molecule has 1 amide bonds. The van der Waals surface area contributed by atoms with E-state index in [1.807, 2.05) is 31.2 Å². The van der Waals surface area contributed by atoms with E-state index >= 15 is 0 Å². The van der Waals surface area contributed by atoms with Gasteiger partial charge in [0.25, 0.3) is 0 Å². The predicted molar refractivity (Wildman–Crippen MR) is 60.8 cm³/mol. The maximum absolute atomic E-state index is 11.2. The van der Waals surface area contributed by atoms with Gasteiger partial charge in [0.05, 0.1) is 5.25 Å². The second kappa shape index (κ2) is 5.27. The van der Waals surface area contributed by atoms with E-state index in [1.54, 1.807) is 7.05 Å². The predicted octanol–water partition coefficient (Wildman–Crippen LogP) is 2.57. The van der Waals surface area contributed by atoms with Crippen LogP contribution in [0.2, 0.25) is 5.02 Å². The molecule has 0 aliphatic carbocycles. The lowest BCUT2D eigenvalue weighted by molar-refractivity contribution is -0.119. The maximum Gasteiger partial charge on any atom is 0.232 e. The van der Waals surface area contributed by atoms with Gasteiger partial charge < -0.3 is 5.32 Å². The van der Waals surface area contributed by atoms with Crippen LogP contribution >= 0.6 is 23.4 Å². The fourth-order valence-corrected chi connectivity index (χ4v) is 2.03. The van der Waals surface area contributed by atoms with Crippen molar-refractivity contribution in [2.75, 3.05) is 7.05 Å². The lowest BCUT2D eigenvalue weighted by Crippen LogP contribution is -2.27. The Morgan fingerprint density at radius 3 is 2.50 bits per heavy atom. The fourth-order valence-electron chi connectivity index (χ4n) is 0.974. The highest BCUT2D eigenvalue weighted by atomic mass is 35.5. The number of nitrogens with one attached hydrogen (secondary N) is 1. The van der Waals surface area contributed by atoms with Crippen molar-refractivity contribution in [3.05, 3.63) is 29.3 Å². The van der Waals surface area contributed by atoms with E-state index < -0.39 is 0 Å². The summed E-state index contributed by atoms with van der Waals surface area (Å²) in [7, 11) is 1.64. The quantitative estimate of drug-likeness (QED) is 0.808. The molecule has 1 unspecified atom stereocenters. The van der Waals surface area contributed by atoms with Crippen molar-refractivity contribution in [2.45, 2.75) is 17.1 Å². The molecule has 0 fully saturated rings. The second-order valence-electron chi connectivity index (χ2n) is 2.83. The van der Waals surface area contributed by atoms with Crippen molar-refractivity contribution < 1.29 is 4.79 Å². The molecule has 0 spiro atoms. The molecular formula is C10H12ClNOS. The zero-order valence-corrected chi connectivity index (χ0v) is 9.65. The molecule has 76 valence electrons. The number of hydrogen-bond donors (Lipinski definition) is 1. The van der Waals surface area contributed by atoms with Gasteiger partial charge in [-0.25, -0.2) is 0 Å². The summed E-state index contributed by atoms with van der Waals surface area (Å²) in [6, 6.07) is 7.46. The van der Waals surface area contributed by atoms with Gasteiger partial charge in [-0.3, -0.25) is 4.79 Å². The molecule has 14 heavy (non-hydrogen) atoms. The van der Waals surface area contributed by atoms with E-state index in [9.17, 15) is 4.79 Å². The first kappa shape index (κ1) is 11.4. The van der Waals surface area contributed by atoms with Gasteiger partial charge >= 0.3 is 0 Å². The summed E-state index contributed by atoms with van der Waals surface area (Å²) in [6.45, 7) is 1.87. The Hall–Kier alpha value is -0.670. The van der Waals surface area contributed by atoms with Gasteiger partial charge in [-0.05, 0) is 31.2 Å². The van der Waals surface area contributed by atoms with Gasteiger partial charge in [-0.1, -0.05) is 11.6 Å². The van der Waals surface area contributed by atoms with Crippen LogP contribution in [0.15, 0.2) is 29.2 Å². The molecule has 0 saturated heterocycles. The molecule has 0 heterocycles.